The second-order valence-corrected chi connectivity index (χ2v) is 14.9. The van der Waals surface area contributed by atoms with E-state index in [4.69, 9.17) is 4.42 Å². The lowest BCUT2D eigenvalue weighted by molar-refractivity contribution is 0.669. The molecule has 0 N–H and O–H groups in total. The molecule has 0 saturated carbocycles. The fourth-order valence-electron chi connectivity index (χ4n) is 8.55. The van der Waals surface area contributed by atoms with Gasteiger partial charge >= 0.3 is 0 Å². The molecule has 0 atom stereocenters. The van der Waals surface area contributed by atoms with E-state index in [0.29, 0.717) is 0 Å². The van der Waals surface area contributed by atoms with Crippen LogP contribution in [0, 0.1) is 0 Å². The normalized spacial score (nSPS) is 11.4. The lowest BCUT2D eigenvalue weighted by atomic mass is 9.95. The summed E-state index contributed by atoms with van der Waals surface area (Å²) in [5.74, 6) is 0. The van der Waals surface area contributed by atoms with Crippen LogP contribution in [0.3, 0.4) is 0 Å². The molecule has 0 fully saturated rings. The van der Waals surface area contributed by atoms with E-state index >= 15 is 0 Å². The molecule has 0 spiro atoms. The minimum atomic E-state index is 0.895. The fraction of sp³-hybridized carbons (Fsp3) is 0. The number of hydrogen-bond donors (Lipinski definition) is 0. The number of furan rings is 1. The van der Waals surface area contributed by atoms with Gasteiger partial charge in [0.15, 0.2) is 0 Å². The zero-order chi connectivity index (χ0) is 38.4. The molecule has 2 nitrogen and oxygen atoms in total. The van der Waals surface area contributed by atoms with Gasteiger partial charge in [-0.05, 0) is 115 Å². The number of benzene rings is 10. The number of rotatable bonds is 7. The quantitative estimate of drug-likeness (QED) is 0.162. The molecule has 58 heavy (non-hydrogen) atoms. The standard InChI is InChI=1S/C56H37NO/c1-2-13-40(14-3-1)51-32-28-46(44-25-24-38-12-4-5-16-42(38)34-44)37-54(51)57(47-30-26-41(27-31-47)50-22-11-17-39-15-6-7-20-49(39)50)48-19-10-18-43(35-48)45-29-33-56-53(36-45)52-21-8-9-23-55(52)58-56/h1-37H. The fourth-order valence-corrected chi connectivity index (χ4v) is 8.55. The van der Waals surface area contributed by atoms with Gasteiger partial charge in [0.1, 0.15) is 11.2 Å². The number of fused-ring (bicyclic) bond motifs is 5. The van der Waals surface area contributed by atoms with E-state index < -0.39 is 0 Å². The minimum absolute atomic E-state index is 0.895. The molecule has 0 unspecified atom stereocenters. The van der Waals surface area contributed by atoms with Gasteiger partial charge in [0.05, 0.1) is 5.69 Å². The summed E-state index contributed by atoms with van der Waals surface area (Å²) < 4.78 is 6.20. The Kier molecular flexibility index (Phi) is 8.19. The second kappa shape index (κ2) is 14.1. The molecule has 0 aliphatic heterocycles. The number of nitrogens with zero attached hydrogens (tertiary/aromatic N) is 1. The third kappa shape index (κ3) is 6.00. The summed E-state index contributed by atoms with van der Waals surface area (Å²) in [4.78, 5) is 2.43. The Hall–Kier alpha value is -7.68. The van der Waals surface area contributed by atoms with Crippen LogP contribution in [0.4, 0.5) is 17.1 Å². The minimum Gasteiger partial charge on any atom is -0.456 e. The Morgan fingerprint density at radius 3 is 1.74 bits per heavy atom. The molecule has 1 aromatic heterocycles. The van der Waals surface area contributed by atoms with Crippen molar-refractivity contribution in [2.45, 2.75) is 0 Å². The summed E-state index contributed by atoms with van der Waals surface area (Å²) in [6.45, 7) is 0. The highest BCUT2D eigenvalue weighted by Gasteiger charge is 2.20. The van der Waals surface area contributed by atoms with Gasteiger partial charge in [0, 0.05) is 27.7 Å². The van der Waals surface area contributed by atoms with Crippen molar-refractivity contribution in [3.8, 4) is 44.5 Å². The highest BCUT2D eigenvalue weighted by atomic mass is 16.3. The molecule has 0 saturated heterocycles. The molecule has 0 aliphatic carbocycles. The summed E-state index contributed by atoms with van der Waals surface area (Å²) in [6.07, 6.45) is 0. The predicted molar refractivity (Wildman–Crippen MR) is 245 cm³/mol. The predicted octanol–water partition coefficient (Wildman–Crippen LogP) is 16.0. The summed E-state index contributed by atoms with van der Waals surface area (Å²) >= 11 is 0. The van der Waals surface area contributed by atoms with Gasteiger partial charge in [-0.2, -0.15) is 0 Å². The van der Waals surface area contributed by atoms with Crippen molar-refractivity contribution in [2.24, 2.45) is 0 Å². The third-order valence-electron chi connectivity index (χ3n) is 11.4. The smallest absolute Gasteiger partial charge is 0.135 e. The molecule has 11 rings (SSSR count). The van der Waals surface area contributed by atoms with E-state index in [1.807, 2.05) is 12.1 Å². The number of hydrogen-bond acceptors (Lipinski definition) is 2. The molecule has 0 aliphatic rings. The first-order chi connectivity index (χ1) is 28.7. The van der Waals surface area contributed by atoms with Crippen molar-refractivity contribution >= 4 is 60.5 Å². The molecule has 272 valence electrons. The third-order valence-corrected chi connectivity index (χ3v) is 11.4. The Bertz CT molecular complexity index is 3280. The second-order valence-electron chi connectivity index (χ2n) is 14.9. The topological polar surface area (TPSA) is 16.4 Å². The van der Waals surface area contributed by atoms with Crippen molar-refractivity contribution in [1.29, 1.82) is 0 Å². The number of anilines is 3. The average molecular weight is 740 g/mol. The Morgan fingerprint density at radius 2 is 0.862 bits per heavy atom. The largest absolute Gasteiger partial charge is 0.456 e. The van der Waals surface area contributed by atoms with E-state index in [1.165, 1.54) is 38.2 Å². The maximum atomic E-state index is 6.20. The van der Waals surface area contributed by atoms with Gasteiger partial charge < -0.3 is 9.32 Å². The van der Waals surface area contributed by atoms with Crippen molar-refractivity contribution in [3.63, 3.8) is 0 Å². The first kappa shape index (κ1) is 33.6. The Labute approximate surface area is 337 Å². The van der Waals surface area contributed by atoms with Crippen LogP contribution in [0.2, 0.25) is 0 Å². The van der Waals surface area contributed by atoms with Crippen molar-refractivity contribution < 1.29 is 4.42 Å². The van der Waals surface area contributed by atoms with Crippen LogP contribution in [0.15, 0.2) is 229 Å². The highest BCUT2D eigenvalue weighted by Crippen LogP contribution is 2.45. The molecule has 0 radical (unpaired) electrons. The molecule has 0 amide bonds. The summed E-state index contributed by atoms with van der Waals surface area (Å²) in [6, 6.07) is 81.0. The van der Waals surface area contributed by atoms with Gasteiger partial charge in [0.2, 0.25) is 0 Å². The van der Waals surface area contributed by atoms with Gasteiger partial charge in [-0.25, -0.2) is 0 Å². The lowest BCUT2D eigenvalue weighted by Crippen LogP contribution is -2.11. The van der Waals surface area contributed by atoms with Crippen LogP contribution in [0.25, 0.3) is 88.0 Å². The molecular formula is C56H37NO. The van der Waals surface area contributed by atoms with E-state index in [9.17, 15) is 0 Å². The Balaban J connectivity index is 1.11. The van der Waals surface area contributed by atoms with Crippen molar-refractivity contribution in [2.75, 3.05) is 4.90 Å². The molecular weight excluding hydrogens is 703 g/mol. The average Bonchev–Trinajstić information content (AvgIpc) is 3.67. The van der Waals surface area contributed by atoms with Gasteiger partial charge in [-0.3, -0.25) is 0 Å². The van der Waals surface area contributed by atoms with Crippen molar-refractivity contribution in [3.05, 3.63) is 224 Å². The Morgan fingerprint density at radius 1 is 0.276 bits per heavy atom. The molecule has 1 heterocycles. The zero-order valence-electron chi connectivity index (χ0n) is 31.7. The first-order valence-electron chi connectivity index (χ1n) is 19.8. The molecule has 10 aromatic carbocycles. The van der Waals surface area contributed by atoms with E-state index in [0.717, 1.165) is 66.8 Å². The van der Waals surface area contributed by atoms with Gasteiger partial charge in [-0.15, -0.1) is 0 Å². The molecule has 2 heteroatoms. The first-order valence-corrected chi connectivity index (χ1v) is 19.8. The monoisotopic (exact) mass is 739 g/mol. The van der Waals surface area contributed by atoms with E-state index in [1.54, 1.807) is 0 Å². The van der Waals surface area contributed by atoms with E-state index in [-0.39, 0.29) is 0 Å². The summed E-state index contributed by atoms with van der Waals surface area (Å²) in [7, 11) is 0. The van der Waals surface area contributed by atoms with Gasteiger partial charge in [-0.1, -0.05) is 170 Å². The summed E-state index contributed by atoms with van der Waals surface area (Å²) in [5, 5.41) is 7.19. The molecule has 0 bridgehead atoms. The summed E-state index contributed by atoms with van der Waals surface area (Å²) in [5.41, 5.74) is 14.4. The van der Waals surface area contributed by atoms with Crippen LogP contribution >= 0.6 is 0 Å². The number of para-hydroxylation sites is 1. The highest BCUT2D eigenvalue weighted by molar-refractivity contribution is 6.06. The molecule has 11 aromatic rings. The maximum absolute atomic E-state index is 6.20. The van der Waals surface area contributed by atoms with Crippen LogP contribution < -0.4 is 4.90 Å². The van der Waals surface area contributed by atoms with Crippen LogP contribution in [0.1, 0.15) is 0 Å². The zero-order valence-corrected chi connectivity index (χ0v) is 31.7. The lowest BCUT2D eigenvalue weighted by Gasteiger charge is -2.29. The van der Waals surface area contributed by atoms with Crippen LogP contribution in [0.5, 0.6) is 0 Å². The van der Waals surface area contributed by atoms with E-state index in [2.05, 4.69) is 217 Å². The van der Waals surface area contributed by atoms with Crippen molar-refractivity contribution in [1.82, 2.24) is 0 Å². The van der Waals surface area contributed by atoms with Gasteiger partial charge in [0.25, 0.3) is 0 Å². The SMILES string of the molecule is c1ccc(-c2ccc(-c3ccc4ccccc4c3)cc2N(c2ccc(-c3cccc4ccccc34)cc2)c2cccc(-c3ccc4oc5ccccc5c4c3)c2)cc1. The van der Waals surface area contributed by atoms with Crippen LogP contribution in [-0.4, -0.2) is 0 Å². The van der Waals surface area contributed by atoms with Crippen LogP contribution in [-0.2, 0) is 0 Å². The maximum Gasteiger partial charge on any atom is 0.135 e.